The number of nitrogens with zero attached hydrogens (tertiary/aromatic N) is 4. The molecule has 0 spiro atoms. The second-order valence-corrected chi connectivity index (χ2v) is 7.13. The maximum Gasteiger partial charge on any atom is 0.182 e. The van der Waals surface area contributed by atoms with E-state index in [1.165, 1.54) is 0 Å². The zero-order valence-corrected chi connectivity index (χ0v) is 16.8. The molecule has 1 heterocycles. The van der Waals surface area contributed by atoms with Crippen molar-refractivity contribution in [3.05, 3.63) is 126 Å². The minimum atomic E-state index is 0.710. The first-order valence-electron chi connectivity index (χ1n) is 10.1. The molecule has 0 saturated carbocycles. The summed E-state index contributed by atoms with van der Waals surface area (Å²) in [6.07, 6.45) is 0. The van der Waals surface area contributed by atoms with Crippen LogP contribution in [0.4, 0.5) is 17.1 Å². The van der Waals surface area contributed by atoms with Gasteiger partial charge in [-0.05, 0) is 36.4 Å². The molecule has 0 radical (unpaired) electrons. The highest BCUT2D eigenvalue weighted by Crippen LogP contribution is 2.30. The Hall–Kier alpha value is -4.38. The molecule has 5 heteroatoms. The Morgan fingerprint density at radius 2 is 0.839 bits per heavy atom. The molecule has 0 amide bonds. The molecule has 0 bridgehead atoms. The number of nitrogen functional groups attached to an aromatic ring is 1. The van der Waals surface area contributed by atoms with Gasteiger partial charge in [0, 0.05) is 16.8 Å². The number of para-hydroxylation sites is 1. The Balaban J connectivity index is 1.75. The average molecular weight is 403 g/mol. The van der Waals surface area contributed by atoms with Gasteiger partial charge < -0.3 is 5.73 Å². The van der Waals surface area contributed by atoms with Gasteiger partial charge in [-0.2, -0.15) is 0 Å². The lowest BCUT2D eigenvalue weighted by atomic mass is 10.1. The summed E-state index contributed by atoms with van der Waals surface area (Å²) in [6, 6.07) is 38.1. The van der Waals surface area contributed by atoms with E-state index >= 15 is 0 Å². The molecule has 0 saturated heterocycles. The third-order valence-corrected chi connectivity index (χ3v) is 5.04. The minimum Gasteiger partial charge on any atom is -0.399 e. The molecule has 0 aliphatic carbocycles. The van der Waals surface area contributed by atoms with E-state index in [9.17, 15) is 0 Å². The van der Waals surface area contributed by atoms with Gasteiger partial charge in [-0.25, -0.2) is 10.0 Å². The van der Waals surface area contributed by atoms with Gasteiger partial charge in [-0.3, -0.25) is 0 Å². The highest BCUT2D eigenvalue weighted by Gasteiger charge is 2.31. The minimum absolute atomic E-state index is 0.710. The zero-order valence-electron chi connectivity index (χ0n) is 16.8. The van der Waals surface area contributed by atoms with Crippen LogP contribution in [0.5, 0.6) is 0 Å². The maximum atomic E-state index is 5.98. The van der Waals surface area contributed by atoms with Crippen molar-refractivity contribution < 1.29 is 0 Å². The van der Waals surface area contributed by atoms with Gasteiger partial charge in [0.25, 0.3) is 0 Å². The molecule has 0 fully saturated rings. The van der Waals surface area contributed by atoms with Crippen LogP contribution < -0.4 is 15.8 Å². The van der Waals surface area contributed by atoms with Crippen molar-refractivity contribution in [3.63, 3.8) is 0 Å². The highest BCUT2D eigenvalue weighted by atomic mass is 15.7. The van der Waals surface area contributed by atoms with Crippen LogP contribution >= 0.6 is 0 Å². The van der Waals surface area contributed by atoms with E-state index in [1.54, 1.807) is 0 Å². The van der Waals surface area contributed by atoms with Crippen LogP contribution in [0.15, 0.2) is 125 Å². The fraction of sp³-hybridized carbons (Fsp3) is 0. The molecule has 1 aliphatic rings. The van der Waals surface area contributed by atoms with Gasteiger partial charge >= 0.3 is 0 Å². The average Bonchev–Trinajstić information content (AvgIpc) is 2.85. The summed E-state index contributed by atoms with van der Waals surface area (Å²) in [4.78, 5) is 0. The Morgan fingerprint density at radius 3 is 1.29 bits per heavy atom. The summed E-state index contributed by atoms with van der Waals surface area (Å²) in [5.74, 6) is 1.47. The first-order chi connectivity index (χ1) is 15.3. The molecular formula is C26H21N5. The Labute approximate surface area is 181 Å². The predicted molar refractivity (Wildman–Crippen MR) is 128 cm³/mol. The number of anilines is 3. The number of hydrogen-bond donors (Lipinski definition) is 1. The number of hydrazine groups is 1. The number of nitrogens with two attached hydrogens (primary N) is 1. The number of rotatable bonds is 4. The van der Waals surface area contributed by atoms with E-state index in [0.717, 1.165) is 34.2 Å². The first-order valence-corrected chi connectivity index (χ1v) is 10.1. The molecule has 0 atom stereocenters. The predicted octanol–water partition coefficient (Wildman–Crippen LogP) is 5.32. The third kappa shape index (κ3) is 3.65. The van der Waals surface area contributed by atoms with E-state index in [0.29, 0.717) is 5.69 Å². The second kappa shape index (κ2) is 8.16. The van der Waals surface area contributed by atoms with Crippen LogP contribution in [-0.2, 0) is 0 Å². The molecule has 150 valence electrons. The van der Waals surface area contributed by atoms with Crippen molar-refractivity contribution in [2.45, 2.75) is 0 Å². The smallest absolute Gasteiger partial charge is 0.182 e. The van der Waals surface area contributed by atoms with E-state index in [4.69, 9.17) is 5.73 Å². The van der Waals surface area contributed by atoms with Gasteiger partial charge in [0.15, 0.2) is 11.7 Å². The highest BCUT2D eigenvalue weighted by molar-refractivity contribution is 6.22. The molecule has 0 aromatic heterocycles. The fourth-order valence-corrected chi connectivity index (χ4v) is 3.56. The monoisotopic (exact) mass is 403 g/mol. The Bertz CT molecular complexity index is 1220. The van der Waals surface area contributed by atoms with E-state index in [-0.39, 0.29) is 0 Å². The SMILES string of the molecule is Nc1ccc(N2C(c3ccccc3)=NN=C(c3ccccc3)N2c2ccccc2)cc1. The Morgan fingerprint density at radius 1 is 0.452 bits per heavy atom. The first kappa shape index (κ1) is 18.6. The van der Waals surface area contributed by atoms with Crippen LogP contribution in [0, 0.1) is 0 Å². The van der Waals surface area contributed by atoms with Gasteiger partial charge in [-0.15, -0.1) is 10.2 Å². The normalized spacial score (nSPS) is 13.5. The van der Waals surface area contributed by atoms with Crippen LogP contribution in [-0.4, -0.2) is 11.7 Å². The van der Waals surface area contributed by atoms with Gasteiger partial charge in [0.1, 0.15) is 0 Å². The topological polar surface area (TPSA) is 57.2 Å². The molecule has 4 aromatic carbocycles. The molecular weight excluding hydrogens is 382 g/mol. The van der Waals surface area contributed by atoms with Crippen LogP contribution in [0.1, 0.15) is 11.1 Å². The number of amidine groups is 2. The molecule has 31 heavy (non-hydrogen) atoms. The lowest BCUT2D eigenvalue weighted by Crippen LogP contribution is -2.53. The van der Waals surface area contributed by atoms with Crippen molar-refractivity contribution in [1.82, 2.24) is 0 Å². The summed E-state index contributed by atoms with van der Waals surface area (Å²) in [6.45, 7) is 0. The van der Waals surface area contributed by atoms with E-state index in [2.05, 4.69) is 32.4 Å². The third-order valence-electron chi connectivity index (χ3n) is 5.04. The fourth-order valence-electron chi connectivity index (χ4n) is 3.56. The summed E-state index contributed by atoms with van der Waals surface area (Å²) in [7, 11) is 0. The molecule has 5 nitrogen and oxygen atoms in total. The van der Waals surface area contributed by atoms with E-state index in [1.807, 2.05) is 103 Å². The largest absolute Gasteiger partial charge is 0.399 e. The van der Waals surface area contributed by atoms with Crippen molar-refractivity contribution >= 4 is 28.7 Å². The molecule has 1 aliphatic heterocycles. The summed E-state index contributed by atoms with van der Waals surface area (Å²) >= 11 is 0. The maximum absolute atomic E-state index is 5.98. The summed E-state index contributed by atoms with van der Waals surface area (Å²) in [5.41, 5.74) is 10.5. The second-order valence-electron chi connectivity index (χ2n) is 7.13. The van der Waals surface area contributed by atoms with Crippen molar-refractivity contribution in [2.75, 3.05) is 15.8 Å². The van der Waals surface area contributed by atoms with Crippen LogP contribution in [0.3, 0.4) is 0 Å². The van der Waals surface area contributed by atoms with Crippen LogP contribution in [0.2, 0.25) is 0 Å². The van der Waals surface area contributed by atoms with Crippen molar-refractivity contribution in [3.8, 4) is 0 Å². The van der Waals surface area contributed by atoms with Crippen molar-refractivity contribution in [1.29, 1.82) is 0 Å². The molecule has 0 unspecified atom stereocenters. The lowest BCUT2D eigenvalue weighted by Gasteiger charge is -2.40. The number of benzene rings is 4. The van der Waals surface area contributed by atoms with E-state index < -0.39 is 0 Å². The zero-order chi connectivity index (χ0) is 21.0. The van der Waals surface area contributed by atoms with Gasteiger partial charge in [-0.1, -0.05) is 78.9 Å². The van der Waals surface area contributed by atoms with Gasteiger partial charge in [0.05, 0.1) is 11.4 Å². The van der Waals surface area contributed by atoms with Gasteiger partial charge in [0.2, 0.25) is 0 Å². The van der Waals surface area contributed by atoms with Crippen molar-refractivity contribution in [2.24, 2.45) is 10.2 Å². The summed E-state index contributed by atoms with van der Waals surface area (Å²) < 4.78 is 0. The lowest BCUT2D eigenvalue weighted by molar-refractivity contribution is 0.984. The Kier molecular flexibility index (Phi) is 4.91. The van der Waals surface area contributed by atoms with Crippen LogP contribution in [0.25, 0.3) is 0 Å². The quantitative estimate of drug-likeness (QED) is 0.469. The molecule has 5 rings (SSSR count). The summed E-state index contributed by atoms with van der Waals surface area (Å²) in [5, 5.41) is 13.5. The molecule has 4 aromatic rings. The molecule has 2 N–H and O–H groups in total. The standard InChI is InChI=1S/C26H21N5/c27-22-16-18-24(19-17-22)31-26(21-12-6-2-7-13-21)29-28-25(20-10-4-1-5-11-20)30(31)23-14-8-3-9-15-23/h1-19H,27H2. The number of hydrogen-bond acceptors (Lipinski definition) is 5.